The summed E-state index contributed by atoms with van der Waals surface area (Å²) in [6, 6.07) is 13.9. The number of hydrogen-bond acceptors (Lipinski definition) is 6. The first-order valence-corrected chi connectivity index (χ1v) is 14.6. The van der Waals surface area contributed by atoms with Gasteiger partial charge in [-0.25, -0.2) is 4.98 Å². The molecular formula is C34H49N3O4. The Bertz CT molecular complexity index is 1230. The largest absolute Gasteiger partial charge is 0.481 e. The first-order valence-electron chi connectivity index (χ1n) is 14.6. The third-order valence-electron chi connectivity index (χ3n) is 6.67. The van der Waals surface area contributed by atoms with Crippen LogP contribution in [0.2, 0.25) is 0 Å². The Balaban J connectivity index is 0.000000759. The number of nitrogens with zero attached hydrogens (tertiary/aromatic N) is 3. The van der Waals surface area contributed by atoms with Crippen molar-refractivity contribution in [3.05, 3.63) is 71.2 Å². The molecule has 0 amide bonds. The van der Waals surface area contributed by atoms with Crippen molar-refractivity contribution in [1.82, 2.24) is 9.97 Å². The zero-order valence-electron chi connectivity index (χ0n) is 26.4. The van der Waals surface area contributed by atoms with Gasteiger partial charge in [-0.1, -0.05) is 58.0 Å². The van der Waals surface area contributed by atoms with Crippen molar-refractivity contribution in [3.8, 4) is 17.0 Å². The Kier molecular flexibility index (Phi) is 12.3. The number of anilines is 1. The van der Waals surface area contributed by atoms with E-state index in [-0.39, 0.29) is 6.42 Å². The number of carboxylic acids is 1. The smallest absolute Gasteiger partial charge is 0.307 e. The fourth-order valence-electron chi connectivity index (χ4n) is 4.61. The molecule has 3 aromatic rings. The van der Waals surface area contributed by atoms with Gasteiger partial charge in [-0.2, -0.15) is 0 Å². The number of aliphatic carboxylic acids is 1. The lowest BCUT2D eigenvalue weighted by atomic mass is 9.82. The SMILES string of the molecule is CC.CC(C)(C)O.Cc1nc(C)c(-c2ccc(OCc3ccccc3)nc2)c(N2CCC(C)(C)CC2)c1CC(=O)O. The van der Waals surface area contributed by atoms with Crippen LogP contribution in [0.4, 0.5) is 5.69 Å². The van der Waals surface area contributed by atoms with E-state index in [1.807, 2.05) is 76.4 Å². The molecule has 2 aromatic heterocycles. The molecule has 0 unspecified atom stereocenters. The number of benzene rings is 1. The highest BCUT2D eigenvalue weighted by atomic mass is 16.5. The minimum atomic E-state index is -0.846. The van der Waals surface area contributed by atoms with Gasteiger partial charge in [0.05, 0.1) is 17.7 Å². The summed E-state index contributed by atoms with van der Waals surface area (Å²) in [7, 11) is 0. The number of rotatable bonds is 7. The number of carbonyl (C=O) groups is 1. The number of pyridine rings is 2. The summed E-state index contributed by atoms with van der Waals surface area (Å²) in [6.45, 7) is 20.0. The predicted molar refractivity (Wildman–Crippen MR) is 168 cm³/mol. The highest BCUT2D eigenvalue weighted by Gasteiger charge is 2.30. The molecule has 1 fully saturated rings. The standard InChI is InChI=1S/C28H33N3O3.C4H10O.C2H6/c1-19-23(16-25(32)33)27(31-14-12-28(3,4)13-15-31)26(20(2)30-19)22-10-11-24(29-17-22)34-18-21-8-6-5-7-9-21;1-4(2,3)5;1-2/h5-11,17H,12-16,18H2,1-4H3,(H,32,33);5H,1-3H3;1-2H3. The van der Waals surface area contributed by atoms with Crippen molar-refractivity contribution in [2.24, 2.45) is 5.41 Å². The summed E-state index contributed by atoms with van der Waals surface area (Å²) in [4.78, 5) is 23.4. The number of hydrogen-bond donors (Lipinski definition) is 2. The van der Waals surface area contributed by atoms with Crippen LogP contribution in [0.3, 0.4) is 0 Å². The maximum absolute atomic E-state index is 11.8. The summed E-state index contributed by atoms with van der Waals surface area (Å²) in [5.74, 6) is -0.293. The van der Waals surface area contributed by atoms with Gasteiger partial charge in [0.1, 0.15) is 6.61 Å². The van der Waals surface area contributed by atoms with Gasteiger partial charge in [0.25, 0.3) is 0 Å². The molecule has 0 spiro atoms. The van der Waals surface area contributed by atoms with Crippen LogP contribution in [0.25, 0.3) is 11.1 Å². The normalized spacial score (nSPS) is 14.2. The molecule has 0 radical (unpaired) electrons. The first-order chi connectivity index (χ1) is 19.2. The Hall–Kier alpha value is -3.45. The lowest BCUT2D eigenvalue weighted by molar-refractivity contribution is -0.136. The Labute approximate surface area is 246 Å². The van der Waals surface area contributed by atoms with Gasteiger partial charge in [-0.05, 0) is 64.5 Å². The van der Waals surface area contributed by atoms with Gasteiger partial charge in [0, 0.05) is 53.4 Å². The van der Waals surface area contributed by atoms with Gasteiger partial charge in [-0.15, -0.1) is 0 Å². The van der Waals surface area contributed by atoms with Gasteiger partial charge in [0.15, 0.2) is 0 Å². The molecule has 4 rings (SSSR count). The van der Waals surface area contributed by atoms with Crippen LogP contribution >= 0.6 is 0 Å². The lowest BCUT2D eigenvalue weighted by Gasteiger charge is -2.40. The van der Waals surface area contributed by atoms with Gasteiger partial charge >= 0.3 is 5.97 Å². The average molecular weight is 564 g/mol. The third-order valence-corrected chi connectivity index (χ3v) is 6.67. The zero-order chi connectivity index (χ0) is 30.8. The van der Waals surface area contributed by atoms with Crippen LogP contribution in [-0.4, -0.2) is 44.8 Å². The molecular weight excluding hydrogens is 514 g/mol. The van der Waals surface area contributed by atoms with E-state index in [1.54, 1.807) is 20.8 Å². The van der Waals surface area contributed by atoms with Crippen molar-refractivity contribution in [1.29, 1.82) is 0 Å². The van der Waals surface area contributed by atoms with E-state index in [1.165, 1.54) is 0 Å². The molecule has 1 aliphatic rings. The fraction of sp³-hybridized carbons (Fsp3) is 0.500. The van der Waals surface area contributed by atoms with Gasteiger partial charge in [0.2, 0.25) is 5.88 Å². The summed E-state index contributed by atoms with van der Waals surface area (Å²) in [5.41, 5.74) is 6.19. The molecule has 0 atom stereocenters. The highest BCUT2D eigenvalue weighted by Crippen LogP contribution is 2.41. The van der Waals surface area contributed by atoms with Crippen LogP contribution in [-0.2, 0) is 17.8 Å². The number of aryl methyl sites for hydroxylation is 2. The maximum atomic E-state index is 11.8. The summed E-state index contributed by atoms with van der Waals surface area (Å²) in [5, 5.41) is 18.2. The van der Waals surface area contributed by atoms with Crippen molar-refractivity contribution < 1.29 is 19.7 Å². The number of ether oxygens (including phenoxy) is 1. The molecule has 0 bridgehead atoms. The zero-order valence-corrected chi connectivity index (χ0v) is 26.4. The number of aromatic nitrogens is 2. The second kappa shape index (κ2) is 15.0. The fourth-order valence-corrected chi connectivity index (χ4v) is 4.61. The molecule has 7 nitrogen and oxygen atoms in total. The molecule has 3 heterocycles. The predicted octanol–water partition coefficient (Wildman–Crippen LogP) is 7.40. The minimum absolute atomic E-state index is 0.0486. The van der Waals surface area contributed by atoms with Crippen LogP contribution < -0.4 is 9.64 Å². The topological polar surface area (TPSA) is 95.8 Å². The summed E-state index contributed by atoms with van der Waals surface area (Å²) >= 11 is 0. The lowest BCUT2D eigenvalue weighted by Crippen LogP contribution is -2.38. The Morgan fingerprint density at radius 2 is 1.59 bits per heavy atom. The van der Waals surface area contributed by atoms with E-state index in [9.17, 15) is 9.90 Å². The van der Waals surface area contributed by atoms with E-state index in [4.69, 9.17) is 14.8 Å². The Morgan fingerprint density at radius 3 is 2.10 bits per heavy atom. The molecule has 224 valence electrons. The Morgan fingerprint density at radius 1 is 1.00 bits per heavy atom. The summed E-state index contributed by atoms with van der Waals surface area (Å²) < 4.78 is 5.86. The first kappa shape index (κ1) is 33.8. The van der Waals surface area contributed by atoms with Crippen LogP contribution in [0.1, 0.15) is 83.8 Å². The number of piperidine rings is 1. The van der Waals surface area contributed by atoms with Gasteiger partial charge in [-0.3, -0.25) is 9.78 Å². The molecule has 1 saturated heterocycles. The van der Waals surface area contributed by atoms with Crippen molar-refractivity contribution in [3.63, 3.8) is 0 Å². The minimum Gasteiger partial charge on any atom is -0.481 e. The monoisotopic (exact) mass is 563 g/mol. The van der Waals surface area contributed by atoms with Crippen LogP contribution in [0.15, 0.2) is 48.7 Å². The van der Waals surface area contributed by atoms with Crippen molar-refractivity contribution in [2.45, 2.75) is 93.8 Å². The second-order valence-corrected chi connectivity index (χ2v) is 12.0. The van der Waals surface area contributed by atoms with Crippen LogP contribution in [0.5, 0.6) is 5.88 Å². The molecule has 0 aliphatic carbocycles. The molecule has 1 aromatic carbocycles. The quantitative estimate of drug-likeness (QED) is 0.309. The third kappa shape index (κ3) is 10.8. The second-order valence-electron chi connectivity index (χ2n) is 12.0. The van der Waals surface area contributed by atoms with Crippen molar-refractivity contribution >= 4 is 11.7 Å². The highest BCUT2D eigenvalue weighted by molar-refractivity contribution is 5.86. The van der Waals surface area contributed by atoms with Gasteiger partial charge < -0.3 is 19.8 Å². The molecule has 41 heavy (non-hydrogen) atoms. The van der Waals surface area contributed by atoms with E-state index in [0.717, 1.165) is 65.3 Å². The summed E-state index contributed by atoms with van der Waals surface area (Å²) in [6.07, 6.45) is 3.88. The maximum Gasteiger partial charge on any atom is 0.307 e. The van der Waals surface area contributed by atoms with Crippen molar-refractivity contribution in [2.75, 3.05) is 18.0 Å². The van der Waals surface area contributed by atoms with Crippen LogP contribution in [0, 0.1) is 19.3 Å². The number of carboxylic acid groups (broad SMARTS) is 1. The molecule has 2 N–H and O–H groups in total. The van der Waals surface area contributed by atoms with E-state index in [2.05, 4.69) is 23.7 Å². The van der Waals surface area contributed by atoms with E-state index in [0.29, 0.717) is 17.9 Å². The van der Waals surface area contributed by atoms with E-state index >= 15 is 0 Å². The number of aliphatic hydroxyl groups is 1. The molecule has 1 aliphatic heterocycles. The molecule has 7 heteroatoms. The van der Waals surface area contributed by atoms with E-state index < -0.39 is 11.6 Å². The average Bonchev–Trinajstić information content (AvgIpc) is 2.90. The molecule has 0 saturated carbocycles.